The van der Waals surface area contributed by atoms with Gasteiger partial charge < -0.3 is 10.2 Å². The van der Waals surface area contributed by atoms with Crippen molar-refractivity contribution in [2.45, 2.75) is 25.8 Å². The van der Waals surface area contributed by atoms with Crippen molar-refractivity contribution in [3.63, 3.8) is 0 Å². The number of sulfonamides is 1. The van der Waals surface area contributed by atoms with E-state index in [1.54, 1.807) is 0 Å². The summed E-state index contributed by atoms with van der Waals surface area (Å²) in [5.41, 5.74) is 2.37. The molecule has 1 atom stereocenters. The number of carbonyl (C=O) groups is 1. The lowest BCUT2D eigenvalue weighted by Gasteiger charge is -2.24. The van der Waals surface area contributed by atoms with Crippen LogP contribution in [0.2, 0.25) is 10.0 Å². The largest absolute Gasteiger partial charge is 0.372 e. The first kappa shape index (κ1) is 22.7. The van der Waals surface area contributed by atoms with Gasteiger partial charge in [0.1, 0.15) is 6.54 Å². The average Bonchev–Trinajstić information content (AvgIpc) is 3.19. The lowest BCUT2D eigenvalue weighted by atomic mass is 10.1. The summed E-state index contributed by atoms with van der Waals surface area (Å²) in [6.07, 6.45) is 3.46. The quantitative estimate of drug-likeness (QED) is 0.658. The number of hydrogen-bond acceptors (Lipinski definition) is 4. The molecule has 1 aliphatic rings. The van der Waals surface area contributed by atoms with Gasteiger partial charge in [0.05, 0.1) is 18.0 Å². The van der Waals surface area contributed by atoms with Crippen molar-refractivity contribution in [1.82, 2.24) is 5.32 Å². The van der Waals surface area contributed by atoms with Crippen molar-refractivity contribution >= 4 is 50.5 Å². The van der Waals surface area contributed by atoms with E-state index in [1.165, 1.54) is 36.7 Å². The van der Waals surface area contributed by atoms with E-state index in [0.717, 1.165) is 29.2 Å². The molecule has 1 amide bonds. The Bertz CT molecular complexity index is 986. The molecule has 1 heterocycles. The van der Waals surface area contributed by atoms with Crippen LogP contribution in [0.4, 0.5) is 11.4 Å². The van der Waals surface area contributed by atoms with Gasteiger partial charge in [0, 0.05) is 28.8 Å². The van der Waals surface area contributed by atoms with Crippen molar-refractivity contribution in [2.24, 2.45) is 0 Å². The lowest BCUT2D eigenvalue weighted by molar-refractivity contribution is -0.120. The van der Waals surface area contributed by atoms with Gasteiger partial charge in [0.2, 0.25) is 15.9 Å². The number of nitrogens with zero attached hydrogens (tertiary/aromatic N) is 2. The summed E-state index contributed by atoms with van der Waals surface area (Å²) < 4.78 is 25.5. The molecule has 1 saturated heterocycles. The topological polar surface area (TPSA) is 69.7 Å². The summed E-state index contributed by atoms with van der Waals surface area (Å²) in [7, 11) is -3.71. The van der Waals surface area contributed by atoms with Gasteiger partial charge in [-0.25, -0.2) is 8.42 Å². The molecule has 3 rings (SSSR count). The molecular formula is C21H25Cl2N3O3S. The third-order valence-corrected chi connectivity index (χ3v) is 6.64. The van der Waals surface area contributed by atoms with Gasteiger partial charge in [-0.05, 0) is 55.7 Å². The van der Waals surface area contributed by atoms with Gasteiger partial charge in [0.25, 0.3) is 0 Å². The van der Waals surface area contributed by atoms with Gasteiger partial charge in [-0.1, -0.05) is 35.3 Å². The van der Waals surface area contributed by atoms with Gasteiger partial charge in [-0.15, -0.1) is 0 Å². The highest BCUT2D eigenvalue weighted by atomic mass is 35.5. The molecular weight excluding hydrogens is 445 g/mol. The SMILES string of the molecule is CC(NC(=O)CN(c1cc(Cl)cc(Cl)c1)S(C)(=O)=O)c1ccc(N2CCCC2)cc1. The maximum atomic E-state index is 12.6. The highest BCUT2D eigenvalue weighted by molar-refractivity contribution is 7.92. The second-order valence-electron chi connectivity index (χ2n) is 7.47. The maximum absolute atomic E-state index is 12.6. The van der Waals surface area contributed by atoms with Gasteiger partial charge in [-0.2, -0.15) is 0 Å². The summed E-state index contributed by atoms with van der Waals surface area (Å²) in [5.74, 6) is -0.423. The van der Waals surface area contributed by atoms with Crippen LogP contribution >= 0.6 is 23.2 Å². The van der Waals surface area contributed by atoms with E-state index in [2.05, 4.69) is 22.3 Å². The third-order valence-electron chi connectivity index (χ3n) is 5.06. The van der Waals surface area contributed by atoms with E-state index in [1.807, 2.05) is 19.1 Å². The predicted octanol–water partition coefficient (Wildman–Crippen LogP) is 4.24. The summed E-state index contributed by atoms with van der Waals surface area (Å²) in [6, 6.07) is 12.2. The zero-order chi connectivity index (χ0) is 21.9. The fraction of sp³-hybridized carbons (Fsp3) is 0.381. The first-order valence-electron chi connectivity index (χ1n) is 9.71. The fourth-order valence-corrected chi connectivity index (χ4v) is 4.89. The minimum atomic E-state index is -3.71. The van der Waals surface area contributed by atoms with Gasteiger partial charge >= 0.3 is 0 Å². The highest BCUT2D eigenvalue weighted by Crippen LogP contribution is 2.27. The third kappa shape index (κ3) is 5.80. The number of hydrogen-bond donors (Lipinski definition) is 1. The number of anilines is 2. The van der Waals surface area contributed by atoms with E-state index < -0.39 is 15.9 Å². The second kappa shape index (κ2) is 9.45. The van der Waals surface area contributed by atoms with Gasteiger partial charge in [0.15, 0.2) is 0 Å². The molecule has 1 fully saturated rings. The fourth-order valence-electron chi connectivity index (χ4n) is 3.53. The van der Waals surface area contributed by atoms with Crippen LogP contribution in [0, 0.1) is 0 Å². The number of benzene rings is 2. The Balaban J connectivity index is 1.69. The maximum Gasteiger partial charge on any atom is 0.241 e. The number of halogens is 2. The Kier molecular flexibility index (Phi) is 7.16. The molecule has 0 aromatic heterocycles. The highest BCUT2D eigenvalue weighted by Gasteiger charge is 2.23. The Morgan fingerprint density at radius 2 is 1.67 bits per heavy atom. The first-order chi connectivity index (χ1) is 14.1. The summed E-state index contributed by atoms with van der Waals surface area (Å²) in [5, 5.41) is 3.44. The number of nitrogens with one attached hydrogen (secondary N) is 1. The van der Waals surface area contributed by atoms with E-state index in [-0.39, 0.29) is 28.3 Å². The van der Waals surface area contributed by atoms with Crippen molar-refractivity contribution in [2.75, 3.05) is 35.1 Å². The molecule has 2 aromatic rings. The molecule has 0 bridgehead atoms. The molecule has 1 N–H and O–H groups in total. The molecule has 0 radical (unpaired) electrons. The van der Waals surface area contributed by atoms with Crippen LogP contribution in [0.15, 0.2) is 42.5 Å². The average molecular weight is 470 g/mol. The second-order valence-corrected chi connectivity index (χ2v) is 10.3. The minimum absolute atomic E-state index is 0.243. The molecule has 1 aliphatic heterocycles. The normalized spacial score (nSPS) is 15.1. The lowest BCUT2D eigenvalue weighted by Crippen LogP contribution is -2.41. The molecule has 6 nitrogen and oxygen atoms in total. The molecule has 2 aromatic carbocycles. The monoisotopic (exact) mass is 469 g/mol. The Hall–Kier alpha value is -1.96. The van der Waals surface area contributed by atoms with Crippen LogP contribution in [0.1, 0.15) is 31.4 Å². The van der Waals surface area contributed by atoms with Crippen LogP contribution in [-0.2, 0) is 14.8 Å². The van der Waals surface area contributed by atoms with Crippen molar-refractivity contribution in [1.29, 1.82) is 0 Å². The summed E-state index contributed by atoms with van der Waals surface area (Å²) in [4.78, 5) is 15.0. The zero-order valence-electron chi connectivity index (χ0n) is 16.9. The van der Waals surface area contributed by atoms with Crippen LogP contribution in [0.25, 0.3) is 0 Å². The number of rotatable bonds is 7. The zero-order valence-corrected chi connectivity index (χ0v) is 19.3. The Morgan fingerprint density at radius 3 is 2.20 bits per heavy atom. The van der Waals surface area contributed by atoms with E-state index >= 15 is 0 Å². The van der Waals surface area contributed by atoms with Crippen LogP contribution in [-0.4, -0.2) is 40.2 Å². The van der Waals surface area contributed by atoms with E-state index in [4.69, 9.17) is 23.2 Å². The number of carbonyl (C=O) groups excluding carboxylic acids is 1. The molecule has 0 aliphatic carbocycles. The molecule has 0 saturated carbocycles. The molecule has 1 unspecified atom stereocenters. The summed E-state index contributed by atoms with van der Waals surface area (Å²) >= 11 is 12.0. The smallest absolute Gasteiger partial charge is 0.241 e. The minimum Gasteiger partial charge on any atom is -0.372 e. The van der Waals surface area contributed by atoms with E-state index in [0.29, 0.717) is 0 Å². The Morgan fingerprint density at radius 1 is 1.10 bits per heavy atom. The first-order valence-corrected chi connectivity index (χ1v) is 12.3. The number of amides is 1. The van der Waals surface area contributed by atoms with Crippen molar-refractivity contribution in [3.05, 3.63) is 58.1 Å². The van der Waals surface area contributed by atoms with Gasteiger partial charge in [-0.3, -0.25) is 9.10 Å². The van der Waals surface area contributed by atoms with E-state index in [9.17, 15) is 13.2 Å². The van der Waals surface area contributed by atoms with Crippen LogP contribution in [0.3, 0.4) is 0 Å². The molecule has 162 valence electrons. The predicted molar refractivity (Wildman–Crippen MR) is 123 cm³/mol. The Labute approximate surface area is 187 Å². The standard InChI is InChI=1S/C21H25Cl2N3O3S/c1-15(16-5-7-19(8-6-16)25-9-3-4-10-25)24-21(27)14-26(30(2,28)29)20-12-17(22)11-18(23)13-20/h5-8,11-13,15H,3-4,9-10,14H2,1-2H3,(H,24,27). The summed E-state index contributed by atoms with van der Waals surface area (Å²) in [6.45, 7) is 3.64. The van der Waals surface area contributed by atoms with Crippen LogP contribution in [0.5, 0.6) is 0 Å². The molecule has 30 heavy (non-hydrogen) atoms. The molecule has 0 spiro atoms. The van der Waals surface area contributed by atoms with Crippen LogP contribution < -0.4 is 14.5 Å². The van der Waals surface area contributed by atoms with Crippen molar-refractivity contribution < 1.29 is 13.2 Å². The molecule has 9 heteroatoms. The van der Waals surface area contributed by atoms with Crippen molar-refractivity contribution in [3.8, 4) is 0 Å².